The molecule has 0 atom stereocenters. The lowest BCUT2D eigenvalue weighted by Gasteiger charge is -2.17. The Kier molecular flexibility index (Phi) is 5.47. The third kappa shape index (κ3) is 3.98. The summed E-state index contributed by atoms with van der Waals surface area (Å²) in [6.07, 6.45) is 0. The maximum absolute atomic E-state index is 12.9. The van der Waals surface area contributed by atoms with Gasteiger partial charge in [0, 0.05) is 16.6 Å². The van der Waals surface area contributed by atoms with Gasteiger partial charge in [0.2, 0.25) is 5.91 Å². The van der Waals surface area contributed by atoms with E-state index in [1.165, 1.54) is 29.2 Å². The van der Waals surface area contributed by atoms with Crippen LogP contribution in [0.15, 0.2) is 89.8 Å². The van der Waals surface area contributed by atoms with Crippen molar-refractivity contribution >= 4 is 61.3 Å². The van der Waals surface area contributed by atoms with Gasteiger partial charge in [-0.1, -0.05) is 48.0 Å². The molecular weight excluding hydrogens is 474 g/mol. The fraction of sp³-hybridized carbons (Fsp3) is 0.0400. The lowest BCUT2D eigenvalue weighted by molar-refractivity contribution is -0.114. The van der Waals surface area contributed by atoms with E-state index in [4.69, 9.17) is 11.6 Å². The summed E-state index contributed by atoms with van der Waals surface area (Å²) >= 11 is 6.03. The highest BCUT2D eigenvalue weighted by Gasteiger charge is 2.30. The van der Waals surface area contributed by atoms with Crippen LogP contribution >= 0.6 is 11.6 Å². The zero-order chi connectivity index (χ0) is 23.9. The molecule has 0 fully saturated rings. The van der Waals surface area contributed by atoms with Crippen molar-refractivity contribution in [3.05, 3.63) is 95.5 Å². The first kappa shape index (κ1) is 21.9. The predicted molar refractivity (Wildman–Crippen MR) is 133 cm³/mol. The fourth-order valence-corrected chi connectivity index (χ4v) is 5.26. The number of carbonyl (C=O) groups is 2. The van der Waals surface area contributed by atoms with E-state index in [1.807, 2.05) is 30.3 Å². The van der Waals surface area contributed by atoms with E-state index in [-0.39, 0.29) is 28.1 Å². The molecule has 4 aromatic rings. The van der Waals surface area contributed by atoms with Crippen LogP contribution in [0.4, 0.5) is 17.1 Å². The Balaban J connectivity index is 1.29. The molecule has 2 N–H and O–H groups in total. The van der Waals surface area contributed by atoms with Gasteiger partial charge in [-0.05, 0) is 53.9 Å². The van der Waals surface area contributed by atoms with Crippen LogP contribution in [0.5, 0.6) is 0 Å². The molecule has 4 aromatic carbocycles. The van der Waals surface area contributed by atoms with Gasteiger partial charge in [0.15, 0.2) is 0 Å². The van der Waals surface area contributed by atoms with Gasteiger partial charge in [-0.2, -0.15) is 0 Å². The second kappa shape index (κ2) is 8.48. The van der Waals surface area contributed by atoms with Gasteiger partial charge in [-0.3, -0.25) is 19.2 Å². The quantitative estimate of drug-likeness (QED) is 0.401. The number of halogens is 1. The predicted octanol–water partition coefficient (Wildman–Crippen LogP) is 4.89. The maximum Gasteiger partial charge on any atom is 0.261 e. The number of anilines is 3. The smallest absolute Gasteiger partial charge is 0.261 e. The van der Waals surface area contributed by atoms with E-state index in [0.717, 1.165) is 10.8 Å². The molecule has 0 spiro atoms. The molecule has 0 unspecified atom stereocenters. The number of nitrogens with one attached hydrogen (secondary N) is 2. The number of sulfonamides is 1. The highest BCUT2D eigenvalue weighted by molar-refractivity contribution is 7.92. The summed E-state index contributed by atoms with van der Waals surface area (Å²) < 4.78 is 27.7. The number of amides is 2. The monoisotopic (exact) mass is 491 g/mol. The van der Waals surface area contributed by atoms with Gasteiger partial charge in [-0.15, -0.1) is 0 Å². The van der Waals surface area contributed by atoms with Gasteiger partial charge in [0.1, 0.15) is 6.54 Å². The molecule has 1 heterocycles. The first-order chi connectivity index (χ1) is 16.3. The molecule has 170 valence electrons. The minimum atomic E-state index is -3.86. The molecule has 0 radical (unpaired) electrons. The molecular formula is C25H18ClN3O4S. The lowest BCUT2D eigenvalue weighted by Crippen LogP contribution is -2.35. The third-order valence-electron chi connectivity index (χ3n) is 5.52. The number of hydrogen-bond acceptors (Lipinski definition) is 4. The van der Waals surface area contributed by atoms with Gasteiger partial charge in [-0.25, -0.2) is 8.42 Å². The normalized spacial score (nSPS) is 12.7. The van der Waals surface area contributed by atoms with E-state index in [1.54, 1.807) is 30.3 Å². The van der Waals surface area contributed by atoms with Crippen molar-refractivity contribution in [3.8, 4) is 0 Å². The Morgan fingerprint density at radius 3 is 2.32 bits per heavy atom. The number of nitrogens with zero attached hydrogens (tertiary/aromatic N) is 1. The van der Waals surface area contributed by atoms with Crippen LogP contribution in [0, 0.1) is 0 Å². The van der Waals surface area contributed by atoms with Crippen molar-refractivity contribution in [2.24, 2.45) is 0 Å². The Hall–Kier alpha value is -3.88. The topological polar surface area (TPSA) is 95.6 Å². The summed E-state index contributed by atoms with van der Waals surface area (Å²) in [5.41, 5.74) is 1.94. The zero-order valence-electron chi connectivity index (χ0n) is 17.7. The Morgan fingerprint density at radius 1 is 0.882 bits per heavy atom. The molecule has 1 aliphatic rings. The average Bonchev–Trinajstić information content (AvgIpc) is 3.09. The molecule has 0 saturated heterocycles. The van der Waals surface area contributed by atoms with E-state index < -0.39 is 15.9 Å². The largest absolute Gasteiger partial charge is 0.325 e. The first-order valence-corrected chi connectivity index (χ1v) is 12.2. The molecule has 1 aliphatic heterocycles. The van der Waals surface area contributed by atoms with E-state index in [2.05, 4.69) is 10.0 Å². The summed E-state index contributed by atoms with van der Waals surface area (Å²) in [7, 11) is -3.86. The van der Waals surface area contributed by atoms with E-state index >= 15 is 0 Å². The second-order valence-electron chi connectivity index (χ2n) is 7.73. The SMILES string of the molecule is O=C(CN1C(=O)c2cccc3cccc1c23)Nc1ccc(S(=O)(=O)Nc2ccccc2Cl)cc1. The fourth-order valence-electron chi connectivity index (χ4n) is 3.95. The lowest BCUT2D eigenvalue weighted by atomic mass is 10.1. The second-order valence-corrected chi connectivity index (χ2v) is 9.82. The van der Waals surface area contributed by atoms with Gasteiger partial charge >= 0.3 is 0 Å². The van der Waals surface area contributed by atoms with Crippen molar-refractivity contribution < 1.29 is 18.0 Å². The van der Waals surface area contributed by atoms with Gasteiger partial charge in [0.05, 0.1) is 21.3 Å². The van der Waals surface area contributed by atoms with Crippen molar-refractivity contribution in [2.45, 2.75) is 4.90 Å². The summed E-state index contributed by atoms with van der Waals surface area (Å²) in [5, 5.41) is 4.77. The van der Waals surface area contributed by atoms with Gasteiger partial charge < -0.3 is 5.32 Å². The number of carbonyl (C=O) groups excluding carboxylic acids is 2. The van der Waals surface area contributed by atoms with Crippen molar-refractivity contribution in [2.75, 3.05) is 21.5 Å². The molecule has 7 nitrogen and oxygen atoms in total. The van der Waals surface area contributed by atoms with Crippen LogP contribution < -0.4 is 14.9 Å². The molecule has 0 bridgehead atoms. The number of rotatable bonds is 6. The Morgan fingerprint density at radius 2 is 1.59 bits per heavy atom. The number of benzene rings is 4. The summed E-state index contributed by atoms with van der Waals surface area (Å²) in [6.45, 7) is -0.166. The van der Waals surface area contributed by atoms with Crippen molar-refractivity contribution in [1.29, 1.82) is 0 Å². The minimum absolute atomic E-state index is 0.0160. The summed E-state index contributed by atoms with van der Waals surface area (Å²) in [5.74, 6) is -0.628. The Bertz CT molecular complexity index is 1550. The highest BCUT2D eigenvalue weighted by atomic mass is 35.5. The molecule has 0 aromatic heterocycles. The van der Waals surface area contributed by atoms with Crippen LogP contribution in [0.25, 0.3) is 10.8 Å². The van der Waals surface area contributed by atoms with E-state index in [0.29, 0.717) is 16.9 Å². The van der Waals surface area contributed by atoms with Crippen molar-refractivity contribution in [1.82, 2.24) is 0 Å². The summed E-state index contributed by atoms with van der Waals surface area (Å²) in [4.78, 5) is 27.0. The van der Waals surface area contributed by atoms with Crippen LogP contribution in [0.3, 0.4) is 0 Å². The molecule has 0 saturated carbocycles. The minimum Gasteiger partial charge on any atom is -0.325 e. The van der Waals surface area contributed by atoms with Gasteiger partial charge in [0.25, 0.3) is 15.9 Å². The molecule has 9 heteroatoms. The summed E-state index contributed by atoms with van der Waals surface area (Å²) in [6, 6.07) is 23.3. The average molecular weight is 492 g/mol. The standard InChI is InChI=1S/C25H18ClN3O4S/c26-20-8-1-2-9-21(20)28-34(32,33)18-13-11-17(12-14-18)27-23(30)15-29-22-10-4-6-16-5-3-7-19(24(16)22)25(29)31/h1-14,28H,15H2,(H,27,30). The molecule has 0 aliphatic carbocycles. The first-order valence-electron chi connectivity index (χ1n) is 10.3. The molecule has 34 heavy (non-hydrogen) atoms. The molecule has 2 amide bonds. The Labute approximate surface area is 201 Å². The molecule has 5 rings (SSSR count). The zero-order valence-corrected chi connectivity index (χ0v) is 19.2. The highest BCUT2D eigenvalue weighted by Crippen LogP contribution is 2.37. The maximum atomic E-state index is 12.9. The van der Waals surface area contributed by atoms with E-state index in [9.17, 15) is 18.0 Å². The van der Waals surface area contributed by atoms with Crippen LogP contribution in [0.1, 0.15) is 10.4 Å². The van der Waals surface area contributed by atoms with Crippen molar-refractivity contribution in [3.63, 3.8) is 0 Å². The van der Waals surface area contributed by atoms with Crippen LogP contribution in [-0.2, 0) is 14.8 Å². The number of para-hydroxylation sites is 1. The third-order valence-corrected chi connectivity index (χ3v) is 7.23. The number of hydrogen-bond donors (Lipinski definition) is 2. The van der Waals surface area contributed by atoms with Crippen LogP contribution in [0.2, 0.25) is 5.02 Å². The van der Waals surface area contributed by atoms with Crippen LogP contribution in [-0.4, -0.2) is 26.8 Å².